The number of hydrogen-bond acceptors (Lipinski definition) is 7. The number of nitrogens with one attached hydrogen (secondary N) is 2. The number of amides is 1. The lowest BCUT2D eigenvalue weighted by Gasteiger charge is -2.29. The largest absolute Gasteiger partial charge is 0.497 e. The van der Waals surface area contributed by atoms with Crippen molar-refractivity contribution in [3.63, 3.8) is 0 Å². The van der Waals surface area contributed by atoms with E-state index in [2.05, 4.69) is 20.7 Å². The Hall–Kier alpha value is -4.86. The molecule has 5 rings (SSSR count). The third-order valence-corrected chi connectivity index (χ3v) is 6.21. The van der Waals surface area contributed by atoms with Crippen LogP contribution in [0.1, 0.15) is 24.1 Å². The topological polar surface area (TPSA) is 99.5 Å². The summed E-state index contributed by atoms with van der Waals surface area (Å²) in [6.45, 7) is 2.13. The van der Waals surface area contributed by atoms with Gasteiger partial charge in [-0.3, -0.25) is 4.79 Å². The summed E-state index contributed by atoms with van der Waals surface area (Å²) in [6.07, 6.45) is 1.44. The van der Waals surface area contributed by atoms with Crippen LogP contribution in [0.5, 0.6) is 17.2 Å². The second-order valence-electron chi connectivity index (χ2n) is 8.60. The smallest absolute Gasteiger partial charge is 0.255 e. The van der Waals surface area contributed by atoms with Crippen LogP contribution >= 0.6 is 0 Å². The number of methoxy groups -OCH3 is 2. The molecule has 0 bridgehead atoms. The molecule has 2 heterocycles. The molecular formula is C28H26FN5O4. The Bertz CT molecular complexity index is 1480. The van der Waals surface area contributed by atoms with Crippen LogP contribution in [0.4, 0.5) is 16.0 Å². The van der Waals surface area contributed by atoms with E-state index in [9.17, 15) is 9.18 Å². The summed E-state index contributed by atoms with van der Waals surface area (Å²) >= 11 is 0. The maximum atomic E-state index is 13.7. The first-order valence-corrected chi connectivity index (χ1v) is 11.8. The van der Waals surface area contributed by atoms with Gasteiger partial charge in [0, 0.05) is 11.8 Å². The molecule has 1 aliphatic heterocycles. The molecule has 4 aromatic rings. The van der Waals surface area contributed by atoms with Gasteiger partial charge < -0.3 is 24.8 Å². The molecule has 0 radical (unpaired) electrons. The van der Waals surface area contributed by atoms with Crippen molar-refractivity contribution < 1.29 is 23.4 Å². The van der Waals surface area contributed by atoms with Gasteiger partial charge in [0.2, 0.25) is 5.95 Å². The number of halogens is 1. The molecule has 38 heavy (non-hydrogen) atoms. The second-order valence-corrected chi connectivity index (χ2v) is 8.60. The van der Waals surface area contributed by atoms with Crippen LogP contribution in [-0.2, 0) is 11.4 Å². The predicted octanol–water partition coefficient (Wildman–Crippen LogP) is 4.94. The Morgan fingerprint density at radius 2 is 1.76 bits per heavy atom. The third kappa shape index (κ3) is 5.01. The molecule has 0 aliphatic carbocycles. The summed E-state index contributed by atoms with van der Waals surface area (Å²) in [6, 6.07) is 18.2. The van der Waals surface area contributed by atoms with Gasteiger partial charge in [-0.15, -0.1) is 0 Å². The normalized spacial score (nSPS) is 14.4. The van der Waals surface area contributed by atoms with Crippen molar-refractivity contribution in [2.45, 2.75) is 19.6 Å². The molecule has 3 aromatic carbocycles. The van der Waals surface area contributed by atoms with Gasteiger partial charge in [0.25, 0.3) is 5.91 Å². The monoisotopic (exact) mass is 515 g/mol. The summed E-state index contributed by atoms with van der Waals surface area (Å²) in [5.41, 5.74) is 3.30. The molecule has 0 fully saturated rings. The molecule has 10 heteroatoms. The Labute approximate surface area is 218 Å². The first kappa shape index (κ1) is 24.8. The summed E-state index contributed by atoms with van der Waals surface area (Å²) < 4.78 is 31.4. The van der Waals surface area contributed by atoms with E-state index in [0.717, 1.165) is 11.1 Å². The molecular weight excluding hydrogens is 489 g/mol. The molecule has 0 saturated heterocycles. The number of allylic oxidation sites excluding steroid dienone is 1. The Balaban J connectivity index is 1.41. The molecule has 194 valence electrons. The van der Waals surface area contributed by atoms with Gasteiger partial charge in [-0.05, 0) is 54.4 Å². The van der Waals surface area contributed by atoms with Gasteiger partial charge in [-0.1, -0.05) is 24.3 Å². The molecule has 1 atom stereocenters. The second kappa shape index (κ2) is 10.6. The molecule has 1 aromatic heterocycles. The van der Waals surface area contributed by atoms with Gasteiger partial charge in [-0.2, -0.15) is 10.1 Å². The summed E-state index contributed by atoms with van der Waals surface area (Å²) in [4.78, 5) is 17.9. The van der Waals surface area contributed by atoms with Crippen molar-refractivity contribution in [1.82, 2.24) is 14.8 Å². The van der Waals surface area contributed by atoms with Crippen molar-refractivity contribution in [3.05, 3.63) is 101 Å². The molecule has 2 N–H and O–H groups in total. The van der Waals surface area contributed by atoms with Crippen LogP contribution in [0.15, 0.2) is 84.3 Å². The van der Waals surface area contributed by atoms with Crippen LogP contribution in [0.25, 0.3) is 0 Å². The minimum atomic E-state index is -0.538. The zero-order chi connectivity index (χ0) is 26.6. The third-order valence-electron chi connectivity index (χ3n) is 6.21. The quantitative estimate of drug-likeness (QED) is 0.343. The Kier molecular flexibility index (Phi) is 6.94. The Morgan fingerprint density at radius 1 is 1.03 bits per heavy atom. The highest BCUT2D eigenvalue weighted by atomic mass is 19.1. The minimum Gasteiger partial charge on any atom is -0.497 e. The number of anilines is 2. The lowest BCUT2D eigenvalue weighted by molar-refractivity contribution is -0.113. The standard InChI is InChI=1S/C28H26FN5O4/c1-17-25(27(35)33-23-13-12-22(36-2)14-24(23)37-3)26(34-28(32-17)30-16-31-34)19-6-10-21(11-7-19)38-15-18-4-8-20(29)9-5-18/h4-14,16,26H,15H2,1-3H3,(H,33,35)(H,30,31,32)/t26-/m0/s1. The number of carbonyl (C=O) groups is 1. The van der Waals surface area contributed by atoms with Crippen LogP contribution < -0.4 is 24.8 Å². The van der Waals surface area contributed by atoms with Gasteiger partial charge in [0.05, 0.1) is 25.5 Å². The van der Waals surface area contributed by atoms with Gasteiger partial charge >= 0.3 is 0 Å². The van der Waals surface area contributed by atoms with Crippen LogP contribution in [-0.4, -0.2) is 34.9 Å². The fourth-order valence-electron chi connectivity index (χ4n) is 4.28. The highest BCUT2D eigenvalue weighted by molar-refractivity contribution is 6.06. The first-order valence-electron chi connectivity index (χ1n) is 11.8. The van der Waals surface area contributed by atoms with Gasteiger partial charge in [0.1, 0.15) is 42.0 Å². The van der Waals surface area contributed by atoms with Crippen LogP contribution in [0.3, 0.4) is 0 Å². The van der Waals surface area contributed by atoms with E-state index in [4.69, 9.17) is 14.2 Å². The number of hydrogen-bond donors (Lipinski definition) is 2. The van der Waals surface area contributed by atoms with E-state index in [1.54, 1.807) is 42.1 Å². The van der Waals surface area contributed by atoms with E-state index in [1.807, 2.05) is 31.2 Å². The number of aromatic nitrogens is 3. The van der Waals surface area contributed by atoms with E-state index in [0.29, 0.717) is 46.8 Å². The molecule has 1 amide bonds. The molecule has 9 nitrogen and oxygen atoms in total. The van der Waals surface area contributed by atoms with Crippen molar-refractivity contribution in [3.8, 4) is 17.2 Å². The Morgan fingerprint density at radius 3 is 2.47 bits per heavy atom. The summed E-state index contributed by atoms with van der Waals surface area (Å²) in [7, 11) is 3.09. The first-order chi connectivity index (χ1) is 18.5. The zero-order valence-electron chi connectivity index (χ0n) is 21.1. The molecule has 1 aliphatic rings. The molecule has 0 saturated carbocycles. The van der Waals surface area contributed by atoms with Crippen molar-refractivity contribution >= 4 is 17.5 Å². The number of nitrogens with zero attached hydrogens (tertiary/aromatic N) is 3. The number of fused-ring (bicyclic) bond motifs is 1. The summed E-state index contributed by atoms with van der Waals surface area (Å²) in [5.74, 6) is 1.65. The van der Waals surface area contributed by atoms with E-state index in [1.165, 1.54) is 25.6 Å². The average Bonchev–Trinajstić information content (AvgIpc) is 3.40. The maximum absolute atomic E-state index is 13.7. The lowest BCUT2D eigenvalue weighted by Crippen LogP contribution is -2.31. The van der Waals surface area contributed by atoms with Gasteiger partial charge in [0.15, 0.2) is 0 Å². The molecule has 0 spiro atoms. The fraction of sp³-hybridized carbons (Fsp3) is 0.179. The fourth-order valence-corrected chi connectivity index (χ4v) is 4.28. The molecule has 0 unspecified atom stereocenters. The summed E-state index contributed by atoms with van der Waals surface area (Å²) in [5, 5.41) is 10.5. The average molecular weight is 516 g/mol. The van der Waals surface area contributed by atoms with E-state index in [-0.39, 0.29) is 11.7 Å². The predicted molar refractivity (Wildman–Crippen MR) is 140 cm³/mol. The number of benzene rings is 3. The SMILES string of the molecule is COc1ccc(NC(=O)C2=C(C)Nc3ncnn3[C@H]2c2ccc(OCc3ccc(F)cc3)cc2)c(OC)c1. The number of carbonyl (C=O) groups excluding carboxylic acids is 1. The number of rotatable bonds is 8. The highest BCUT2D eigenvalue weighted by Gasteiger charge is 2.33. The van der Waals surface area contributed by atoms with E-state index < -0.39 is 6.04 Å². The van der Waals surface area contributed by atoms with Crippen LogP contribution in [0.2, 0.25) is 0 Å². The van der Waals surface area contributed by atoms with Crippen molar-refractivity contribution in [2.24, 2.45) is 0 Å². The number of ether oxygens (including phenoxy) is 3. The van der Waals surface area contributed by atoms with E-state index >= 15 is 0 Å². The van der Waals surface area contributed by atoms with Crippen LogP contribution in [0, 0.1) is 5.82 Å². The highest BCUT2D eigenvalue weighted by Crippen LogP contribution is 2.37. The maximum Gasteiger partial charge on any atom is 0.255 e. The van der Waals surface area contributed by atoms with Crippen molar-refractivity contribution in [1.29, 1.82) is 0 Å². The minimum absolute atomic E-state index is 0.291. The lowest BCUT2D eigenvalue weighted by atomic mass is 9.95. The zero-order valence-corrected chi connectivity index (χ0v) is 21.1. The van der Waals surface area contributed by atoms with Crippen molar-refractivity contribution in [2.75, 3.05) is 24.9 Å². The van der Waals surface area contributed by atoms with Gasteiger partial charge in [-0.25, -0.2) is 9.07 Å².